The van der Waals surface area contributed by atoms with Gasteiger partial charge in [-0.05, 0) is 37.0 Å². The van der Waals surface area contributed by atoms with Crippen molar-refractivity contribution in [2.24, 2.45) is 22.7 Å². The van der Waals surface area contributed by atoms with Gasteiger partial charge in [0.25, 0.3) is 0 Å². The molecule has 0 heterocycles. The fourth-order valence-electron chi connectivity index (χ4n) is 3.16. The minimum atomic E-state index is 0.864. The van der Waals surface area contributed by atoms with Gasteiger partial charge in [-0.1, -0.05) is 32.6 Å². The van der Waals surface area contributed by atoms with Gasteiger partial charge in [-0.25, -0.2) is 0 Å². The molecule has 2 aliphatic carbocycles. The molecule has 2 rings (SSSR count). The van der Waals surface area contributed by atoms with Crippen molar-refractivity contribution in [3.63, 3.8) is 0 Å². The van der Waals surface area contributed by atoms with E-state index in [1.807, 2.05) is 7.05 Å². The summed E-state index contributed by atoms with van der Waals surface area (Å²) in [6.07, 6.45) is 9.80. The topological polar surface area (TPSA) is 27.6 Å². The maximum absolute atomic E-state index is 4.42. The Hall–Kier alpha value is -0.730. The summed E-state index contributed by atoms with van der Waals surface area (Å²) in [6.45, 7) is 4.64. The van der Waals surface area contributed by atoms with Crippen LogP contribution < -0.4 is 5.32 Å². The number of hydrogen-bond donors (Lipinski definition) is 1. The molecule has 0 radical (unpaired) electrons. The molecule has 3 nitrogen and oxygen atoms in total. The second-order valence-corrected chi connectivity index (χ2v) is 6.71. The predicted octanol–water partition coefficient (Wildman–Crippen LogP) is 3.12. The summed E-state index contributed by atoms with van der Waals surface area (Å²) in [7, 11) is 4.09. The van der Waals surface area contributed by atoms with Gasteiger partial charge in [-0.2, -0.15) is 0 Å². The lowest BCUT2D eigenvalue weighted by atomic mass is 9.83. The van der Waals surface area contributed by atoms with Crippen LogP contribution in [-0.4, -0.2) is 38.0 Å². The third kappa shape index (κ3) is 5.04. The van der Waals surface area contributed by atoms with E-state index in [1.54, 1.807) is 0 Å². The molecule has 0 atom stereocenters. The normalized spacial score (nSPS) is 28.3. The number of nitrogens with one attached hydrogen (secondary N) is 1. The zero-order valence-corrected chi connectivity index (χ0v) is 13.0. The summed E-state index contributed by atoms with van der Waals surface area (Å²) >= 11 is 0. The minimum absolute atomic E-state index is 0.864. The van der Waals surface area contributed by atoms with Gasteiger partial charge in [-0.15, -0.1) is 0 Å². The van der Waals surface area contributed by atoms with Gasteiger partial charge < -0.3 is 10.2 Å². The quantitative estimate of drug-likeness (QED) is 0.611. The molecule has 3 heteroatoms. The lowest BCUT2D eigenvalue weighted by molar-refractivity contribution is 0.250. The van der Waals surface area contributed by atoms with Crippen molar-refractivity contribution in [3.8, 4) is 0 Å². The molecule has 0 amide bonds. The zero-order valence-electron chi connectivity index (χ0n) is 13.0. The summed E-state index contributed by atoms with van der Waals surface area (Å²) in [6, 6.07) is 0. The third-order valence-electron chi connectivity index (χ3n) is 4.77. The minimum Gasteiger partial charge on any atom is -0.356 e. The van der Waals surface area contributed by atoms with E-state index in [1.165, 1.54) is 44.9 Å². The maximum atomic E-state index is 4.42. The summed E-state index contributed by atoms with van der Waals surface area (Å²) in [5, 5.41) is 3.51. The van der Waals surface area contributed by atoms with Gasteiger partial charge in [0.15, 0.2) is 5.96 Å². The van der Waals surface area contributed by atoms with E-state index >= 15 is 0 Å². The highest BCUT2D eigenvalue weighted by Gasteiger charge is 2.22. The van der Waals surface area contributed by atoms with Crippen LogP contribution in [-0.2, 0) is 0 Å². The molecule has 0 aliphatic heterocycles. The first-order chi connectivity index (χ1) is 9.19. The molecule has 2 fully saturated rings. The first kappa shape index (κ1) is 14.7. The van der Waals surface area contributed by atoms with E-state index in [2.05, 4.69) is 29.2 Å². The first-order valence-corrected chi connectivity index (χ1v) is 8.10. The molecule has 0 spiro atoms. The molecule has 0 aromatic carbocycles. The van der Waals surface area contributed by atoms with Crippen LogP contribution in [0.5, 0.6) is 0 Å². The van der Waals surface area contributed by atoms with E-state index in [9.17, 15) is 0 Å². The van der Waals surface area contributed by atoms with Crippen molar-refractivity contribution < 1.29 is 0 Å². The van der Waals surface area contributed by atoms with E-state index in [0.717, 1.165) is 36.8 Å². The van der Waals surface area contributed by atoms with Crippen LogP contribution in [0, 0.1) is 17.8 Å². The van der Waals surface area contributed by atoms with Crippen LogP contribution in [0.2, 0.25) is 0 Å². The fourth-order valence-corrected chi connectivity index (χ4v) is 3.16. The monoisotopic (exact) mass is 265 g/mol. The van der Waals surface area contributed by atoms with Crippen LogP contribution in [0.25, 0.3) is 0 Å². The Kier molecular flexibility index (Phi) is 5.53. The molecule has 0 aromatic rings. The Morgan fingerprint density at radius 1 is 1.11 bits per heavy atom. The first-order valence-electron chi connectivity index (χ1n) is 8.10. The van der Waals surface area contributed by atoms with Crippen molar-refractivity contribution in [1.82, 2.24) is 10.2 Å². The lowest BCUT2D eigenvalue weighted by Gasteiger charge is -2.31. The molecule has 0 unspecified atom stereocenters. The van der Waals surface area contributed by atoms with Crippen LogP contribution >= 0.6 is 0 Å². The van der Waals surface area contributed by atoms with Crippen LogP contribution in [0.15, 0.2) is 4.99 Å². The van der Waals surface area contributed by atoms with E-state index in [-0.39, 0.29) is 0 Å². The van der Waals surface area contributed by atoms with Crippen LogP contribution in [0.1, 0.15) is 51.9 Å². The summed E-state index contributed by atoms with van der Waals surface area (Å²) in [5.74, 6) is 3.88. The summed E-state index contributed by atoms with van der Waals surface area (Å²) < 4.78 is 0. The predicted molar refractivity (Wildman–Crippen MR) is 82.5 cm³/mol. The molecule has 110 valence electrons. The van der Waals surface area contributed by atoms with Gasteiger partial charge in [0, 0.05) is 27.2 Å². The van der Waals surface area contributed by atoms with Gasteiger partial charge in [-0.3, -0.25) is 4.99 Å². The van der Waals surface area contributed by atoms with E-state index in [4.69, 9.17) is 0 Å². The number of nitrogens with zero attached hydrogens (tertiary/aromatic N) is 2. The Balaban J connectivity index is 1.68. The Morgan fingerprint density at radius 3 is 2.32 bits per heavy atom. The average Bonchev–Trinajstić information content (AvgIpc) is 3.21. The zero-order chi connectivity index (χ0) is 13.7. The summed E-state index contributed by atoms with van der Waals surface area (Å²) in [5.41, 5.74) is 0. The molecule has 0 saturated heterocycles. The van der Waals surface area contributed by atoms with Gasteiger partial charge >= 0.3 is 0 Å². The Morgan fingerprint density at radius 2 is 1.74 bits per heavy atom. The van der Waals surface area contributed by atoms with Crippen molar-refractivity contribution in [3.05, 3.63) is 0 Å². The standard InChI is InChI=1S/C16H31N3/c1-13-4-6-15(7-5-13)12-19(3)16(17-2)18-11-10-14-8-9-14/h13-15H,4-12H2,1-3H3,(H,17,18). The van der Waals surface area contributed by atoms with Gasteiger partial charge in [0.05, 0.1) is 0 Å². The molecule has 0 aromatic heterocycles. The van der Waals surface area contributed by atoms with E-state index in [0.29, 0.717) is 0 Å². The lowest BCUT2D eigenvalue weighted by Crippen LogP contribution is -2.42. The average molecular weight is 265 g/mol. The Bertz CT molecular complexity index is 288. The number of rotatable bonds is 5. The number of guanidine groups is 1. The molecule has 0 bridgehead atoms. The summed E-state index contributed by atoms with van der Waals surface area (Å²) in [4.78, 5) is 6.74. The highest BCUT2D eigenvalue weighted by Crippen LogP contribution is 2.31. The van der Waals surface area contributed by atoms with Crippen LogP contribution in [0.4, 0.5) is 0 Å². The molecular formula is C16H31N3. The highest BCUT2D eigenvalue weighted by molar-refractivity contribution is 5.79. The molecule has 2 aliphatic rings. The number of hydrogen-bond acceptors (Lipinski definition) is 1. The molecule has 1 N–H and O–H groups in total. The maximum Gasteiger partial charge on any atom is 0.193 e. The van der Waals surface area contributed by atoms with Crippen molar-refractivity contribution in [2.45, 2.75) is 51.9 Å². The van der Waals surface area contributed by atoms with Crippen molar-refractivity contribution in [2.75, 3.05) is 27.2 Å². The van der Waals surface area contributed by atoms with Crippen molar-refractivity contribution in [1.29, 1.82) is 0 Å². The number of aliphatic imine (C=N–C) groups is 1. The second kappa shape index (κ2) is 7.16. The van der Waals surface area contributed by atoms with Crippen molar-refractivity contribution >= 4 is 5.96 Å². The molecular weight excluding hydrogens is 234 g/mol. The molecule has 2 saturated carbocycles. The third-order valence-corrected chi connectivity index (χ3v) is 4.77. The van der Waals surface area contributed by atoms with Crippen LogP contribution in [0.3, 0.4) is 0 Å². The van der Waals surface area contributed by atoms with E-state index < -0.39 is 0 Å². The largest absolute Gasteiger partial charge is 0.356 e. The van der Waals surface area contributed by atoms with Gasteiger partial charge in [0.2, 0.25) is 0 Å². The molecule has 19 heavy (non-hydrogen) atoms. The second-order valence-electron chi connectivity index (χ2n) is 6.71. The fraction of sp³-hybridized carbons (Fsp3) is 0.938. The highest BCUT2D eigenvalue weighted by atomic mass is 15.3. The Labute approximate surface area is 118 Å². The van der Waals surface area contributed by atoms with Gasteiger partial charge in [0.1, 0.15) is 0 Å². The SMILES string of the molecule is CN=C(NCCC1CC1)N(C)CC1CCC(C)CC1. The smallest absolute Gasteiger partial charge is 0.193 e.